The third-order valence-electron chi connectivity index (χ3n) is 4.16. The maximum atomic E-state index is 6.26. The molecule has 1 saturated heterocycles. The molecule has 16 heavy (non-hydrogen) atoms. The summed E-state index contributed by atoms with van der Waals surface area (Å²) in [5, 5.41) is 3.96. The van der Waals surface area contributed by atoms with Crippen LogP contribution >= 0.6 is 0 Å². The average Bonchev–Trinajstić information content (AvgIpc) is 2.13. The maximum absolute atomic E-state index is 6.26. The quantitative estimate of drug-likeness (QED) is 0.766. The Morgan fingerprint density at radius 2 is 1.88 bits per heavy atom. The summed E-state index contributed by atoms with van der Waals surface area (Å²) in [6, 6.07) is 1.25. The molecule has 2 nitrogen and oxygen atoms in total. The van der Waals surface area contributed by atoms with Crippen molar-refractivity contribution in [3.8, 4) is 0 Å². The van der Waals surface area contributed by atoms with E-state index in [-0.39, 0.29) is 0 Å². The maximum Gasteiger partial charge on any atom is 0.192 e. The fourth-order valence-corrected chi connectivity index (χ4v) is 2.95. The molecule has 2 atom stereocenters. The molecule has 0 radical (unpaired) electrons. The Balaban J connectivity index is 2.39. The molecule has 1 aliphatic rings. The summed E-state index contributed by atoms with van der Waals surface area (Å²) in [5.41, 5.74) is 0. The predicted octanol–water partition coefficient (Wildman–Crippen LogP) is 3.54. The Morgan fingerprint density at radius 3 is 2.38 bits per heavy atom. The molecule has 1 rings (SSSR count). The molecule has 0 bridgehead atoms. The van der Waals surface area contributed by atoms with Crippen molar-refractivity contribution in [3.05, 3.63) is 0 Å². The van der Waals surface area contributed by atoms with Gasteiger partial charge in [-0.2, -0.15) is 0 Å². The lowest BCUT2D eigenvalue weighted by Crippen LogP contribution is -2.48. The lowest BCUT2D eigenvalue weighted by atomic mass is 10.0. The number of nitrogens with one attached hydrogen (secondary N) is 1. The number of rotatable bonds is 3. The van der Waals surface area contributed by atoms with Crippen LogP contribution in [0.15, 0.2) is 0 Å². The third-order valence-corrected chi connectivity index (χ3v) is 8.66. The van der Waals surface area contributed by atoms with Crippen LogP contribution in [0.5, 0.6) is 0 Å². The molecule has 0 unspecified atom stereocenters. The minimum Gasteiger partial charge on any atom is -0.415 e. The predicted molar refractivity (Wildman–Crippen MR) is 73.4 cm³/mol. The second kappa shape index (κ2) is 5.19. The Kier molecular flexibility index (Phi) is 4.61. The first-order chi connectivity index (χ1) is 7.22. The molecular weight excluding hydrogens is 214 g/mol. The summed E-state index contributed by atoms with van der Waals surface area (Å²) in [5.74, 6) is 0. The normalized spacial score (nSPS) is 28.1. The fourth-order valence-electron chi connectivity index (χ4n) is 1.90. The molecule has 0 amide bonds. The average molecular weight is 243 g/mol. The van der Waals surface area contributed by atoms with Crippen molar-refractivity contribution < 1.29 is 4.43 Å². The van der Waals surface area contributed by atoms with E-state index in [1.165, 1.54) is 19.3 Å². The monoisotopic (exact) mass is 243 g/mol. The van der Waals surface area contributed by atoms with Gasteiger partial charge < -0.3 is 9.74 Å². The molecule has 0 aliphatic carbocycles. The van der Waals surface area contributed by atoms with Gasteiger partial charge in [-0.15, -0.1) is 0 Å². The topological polar surface area (TPSA) is 21.3 Å². The van der Waals surface area contributed by atoms with Gasteiger partial charge in [0.15, 0.2) is 8.32 Å². The van der Waals surface area contributed by atoms with Gasteiger partial charge in [0.1, 0.15) is 0 Å². The first-order valence-electron chi connectivity index (χ1n) is 6.62. The summed E-state index contributed by atoms with van der Waals surface area (Å²) in [4.78, 5) is 0. The highest BCUT2D eigenvalue weighted by Crippen LogP contribution is 2.36. The van der Waals surface area contributed by atoms with Crippen molar-refractivity contribution >= 4 is 8.32 Å². The van der Waals surface area contributed by atoms with Gasteiger partial charge in [-0.3, -0.25) is 0 Å². The molecule has 3 heteroatoms. The number of hydrogen-bond donors (Lipinski definition) is 1. The van der Waals surface area contributed by atoms with Crippen molar-refractivity contribution in [3.63, 3.8) is 0 Å². The van der Waals surface area contributed by atoms with Crippen LogP contribution in [0.3, 0.4) is 0 Å². The minimum absolute atomic E-state index is 0.327. The van der Waals surface area contributed by atoms with Crippen LogP contribution in [0.1, 0.15) is 47.0 Å². The van der Waals surface area contributed by atoms with E-state index in [0.717, 1.165) is 6.61 Å². The van der Waals surface area contributed by atoms with Crippen molar-refractivity contribution in [2.75, 3.05) is 6.61 Å². The summed E-state index contributed by atoms with van der Waals surface area (Å²) in [6.07, 6.45) is 3.94. The fraction of sp³-hybridized carbons (Fsp3) is 1.00. The molecule has 0 aromatic carbocycles. The molecule has 1 heterocycles. The van der Waals surface area contributed by atoms with Gasteiger partial charge in [0.2, 0.25) is 0 Å². The van der Waals surface area contributed by atoms with E-state index in [1.54, 1.807) is 0 Å². The summed E-state index contributed by atoms with van der Waals surface area (Å²) >= 11 is 0. The summed E-state index contributed by atoms with van der Waals surface area (Å²) < 4.78 is 6.26. The lowest BCUT2D eigenvalue weighted by molar-refractivity contribution is 0.204. The van der Waals surface area contributed by atoms with E-state index in [9.17, 15) is 0 Å². The third kappa shape index (κ3) is 3.86. The highest BCUT2D eigenvalue weighted by atomic mass is 28.4. The SMILES string of the molecule is C[C@H]1CCC[C@@H](CO[Si](C)(C)C(C)(C)C)N1. The van der Waals surface area contributed by atoms with Crippen LogP contribution in [0.2, 0.25) is 18.1 Å². The first kappa shape index (κ1) is 14.2. The Hall–Kier alpha value is 0.137. The molecule has 0 saturated carbocycles. The highest BCUT2D eigenvalue weighted by Gasteiger charge is 2.37. The summed E-state index contributed by atoms with van der Waals surface area (Å²) in [7, 11) is -1.55. The molecule has 1 N–H and O–H groups in total. The summed E-state index contributed by atoms with van der Waals surface area (Å²) in [6.45, 7) is 14.8. The van der Waals surface area contributed by atoms with E-state index < -0.39 is 8.32 Å². The second-order valence-electron chi connectivity index (χ2n) is 6.77. The number of hydrogen-bond acceptors (Lipinski definition) is 2. The van der Waals surface area contributed by atoms with Crippen LogP contribution in [-0.4, -0.2) is 27.0 Å². The largest absolute Gasteiger partial charge is 0.415 e. The second-order valence-corrected chi connectivity index (χ2v) is 11.6. The van der Waals surface area contributed by atoms with Crippen molar-refractivity contribution in [2.24, 2.45) is 0 Å². The molecule has 0 aromatic heterocycles. The minimum atomic E-state index is -1.55. The lowest BCUT2D eigenvalue weighted by Gasteiger charge is -2.38. The van der Waals surface area contributed by atoms with Gasteiger partial charge in [0, 0.05) is 18.7 Å². The van der Waals surface area contributed by atoms with E-state index in [4.69, 9.17) is 4.43 Å². The van der Waals surface area contributed by atoms with E-state index in [2.05, 4.69) is 46.1 Å². The standard InChI is InChI=1S/C13H29NOSi/c1-11-8-7-9-12(14-11)10-15-16(5,6)13(2,3)4/h11-12,14H,7-10H2,1-6H3/t11-,12-/m0/s1. The Morgan fingerprint density at radius 1 is 1.25 bits per heavy atom. The highest BCUT2D eigenvalue weighted by molar-refractivity contribution is 6.74. The van der Waals surface area contributed by atoms with Crippen LogP contribution in [0.4, 0.5) is 0 Å². The molecule has 96 valence electrons. The first-order valence-corrected chi connectivity index (χ1v) is 9.53. The molecule has 0 spiro atoms. The van der Waals surface area contributed by atoms with Gasteiger partial charge in [-0.1, -0.05) is 27.2 Å². The zero-order chi connectivity index (χ0) is 12.4. The molecule has 1 aliphatic heterocycles. The van der Waals surface area contributed by atoms with Crippen molar-refractivity contribution in [1.82, 2.24) is 5.32 Å². The molecule has 0 aromatic rings. The van der Waals surface area contributed by atoms with Gasteiger partial charge in [-0.05, 0) is 37.9 Å². The van der Waals surface area contributed by atoms with E-state index >= 15 is 0 Å². The van der Waals surface area contributed by atoms with Crippen molar-refractivity contribution in [1.29, 1.82) is 0 Å². The van der Waals surface area contributed by atoms with Crippen LogP contribution in [-0.2, 0) is 4.43 Å². The van der Waals surface area contributed by atoms with Gasteiger partial charge >= 0.3 is 0 Å². The Bertz CT molecular complexity index is 222. The van der Waals surface area contributed by atoms with Gasteiger partial charge in [-0.25, -0.2) is 0 Å². The van der Waals surface area contributed by atoms with Crippen LogP contribution in [0, 0.1) is 0 Å². The smallest absolute Gasteiger partial charge is 0.192 e. The number of piperidine rings is 1. The zero-order valence-corrected chi connectivity index (χ0v) is 12.9. The van der Waals surface area contributed by atoms with Crippen molar-refractivity contribution in [2.45, 2.75) is 77.2 Å². The molecule has 1 fully saturated rings. The molecular formula is C13H29NOSi. The van der Waals surface area contributed by atoms with Gasteiger partial charge in [0.05, 0.1) is 0 Å². The zero-order valence-electron chi connectivity index (χ0n) is 11.9. The van der Waals surface area contributed by atoms with E-state index in [1.807, 2.05) is 0 Å². The van der Waals surface area contributed by atoms with Gasteiger partial charge in [0.25, 0.3) is 0 Å². The van der Waals surface area contributed by atoms with Crippen LogP contribution < -0.4 is 5.32 Å². The van der Waals surface area contributed by atoms with E-state index in [0.29, 0.717) is 17.1 Å². The van der Waals surface area contributed by atoms with Crippen LogP contribution in [0.25, 0.3) is 0 Å². The Labute approximate surface area is 102 Å².